The van der Waals surface area contributed by atoms with Crippen molar-refractivity contribution in [1.82, 2.24) is 4.98 Å². The van der Waals surface area contributed by atoms with Gasteiger partial charge < -0.3 is 10.6 Å². The van der Waals surface area contributed by atoms with Gasteiger partial charge in [0.1, 0.15) is 0 Å². The predicted molar refractivity (Wildman–Crippen MR) is 92.4 cm³/mol. The lowest BCUT2D eigenvalue weighted by Gasteiger charge is -2.17. The minimum atomic E-state index is 0.102. The fourth-order valence-electron chi connectivity index (χ4n) is 2.50. The molecule has 5 heteroatoms. The summed E-state index contributed by atoms with van der Waals surface area (Å²) in [6, 6.07) is 6.14. The van der Waals surface area contributed by atoms with E-state index in [1.54, 1.807) is 11.3 Å². The Morgan fingerprint density at radius 3 is 3.05 bits per heavy atom. The van der Waals surface area contributed by atoms with Crippen molar-refractivity contribution in [3.63, 3.8) is 0 Å². The summed E-state index contributed by atoms with van der Waals surface area (Å²) in [5.41, 5.74) is 4.24. The van der Waals surface area contributed by atoms with E-state index in [0.717, 1.165) is 41.5 Å². The highest BCUT2D eigenvalue weighted by Crippen LogP contribution is 2.30. The van der Waals surface area contributed by atoms with Crippen LogP contribution in [0.5, 0.6) is 0 Å². The number of nitrogens with zero attached hydrogens (tertiary/aromatic N) is 1. The maximum Gasteiger partial charge on any atom is 0.224 e. The molecule has 116 valence electrons. The number of rotatable bonds is 5. The van der Waals surface area contributed by atoms with Crippen LogP contribution < -0.4 is 10.6 Å². The van der Waals surface area contributed by atoms with Crippen molar-refractivity contribution in [2.45, 2.75) is 33.1 Å². The van der Waals surface area contributed by atoms with E-state index in [9.17, 15) is 4.79 Å². The normalized spacial score (nSPS) is 13.9. The van der Waals surface area contributed by atoms with Crippen molar-refractivity contribution >= 4 is 28.1 Å². The molecule has 1 aromatic heterocycles. The third-order valence-electron chi connectivity index (χ3n) is 3.80. The summed E-state index contributed by atoms with van der Waals surface area (Å²) in [7, 11) is 0. The van der Waals surface area contributed by atoms with Crippen LogP contribution in [0.3, 0.4) is 0 Å². The molecule has 0 atom stereocenters. The maximum absolute atomic E-state index is 11.4. The molecule has 0 aliphatic carbocycles. The average molecular weight is 315 g/mol. The zero-order valence-corrected chi connectivity index (χ0v) is 13.8. The molecule has 0 radical (unpaired) electrons. The number of hydrogen-bond donors (Lipinski definition) is 2. The number of aromatic nitrogens is 1. The Kier molecular flexibility index (Phi) is 4.43. The number of hydrogen-bond acceptors (Lipinski definition) is 4. The number of nitrogens with one attached hydrogen (secondary N) is 2. The molecule has 1 aliphatic heterocycles. The van der Waals surface area contributed by atoms with E-state index in [0.29, 0.717) is 12.3 Å². The smallest absolute Gasteiger partial charge is 0.224 e. The van der Waals surface area contributed by atoms with E-state index in [-0.39, 0.29) is 5.91 Å². The maximum atomic E-state index is 11.4. The third kappa shape index (κ3) is 3.47. The van der Waals surface area contributed by atoms with Gasteiger partial charge >= 0.3 is 0 Å². The Bertz CT molecular complexity index is 678. The van der Waals surface area contributed by atoms with Crippen LogP contribution in [-0.4, -0.2) is 17.4 Å². The molecule has 22 heavy (non-hydrogen) atoms. The SMILES string of the molecule is CC(C)CCNc1nc(-c2ccc3c(c2)CCC(=O)N3)cs1. The number of thiazole rings is 1. The van der Waals surface area contributed by atoms with Crippen LogP contribution in [0, 0.1) is 5.92 Å². The first-order valence-electron chi connectivity index (χ1n) is 7.74. The molecule has 4 nitrogen and oxygen atoms in total. The van der Waals surface area contributed by atoms with Crippen LogP contribution in [0.25, 0.3) is 11.3 Å². The van der Waals surface area contributed by atoms with Crippen LogP contribution in [0.1, 0.15) is 32.3 Å². The number of benzene rings is 1. The molecule has 2 N–H and O–H groups in total. The highest BCUT2D eigenvalue weighted by Gasteiger charge is 2.15. The first-order valence-corrected chi connectivity index (χ1v) is 8.62. The molecule has 0 saturated heterocycles. The fraction of sp³-hybridized carbons (Fsp3) is 0.412. The Labute approximate surface area is 135 Å². The van der Waals surface area contributed by atoms with Crippen LogP contribution in [0.15, 0.2) is 23.6 Å². The van der Waals surface area contributed by atoms with Crippen LogP contribution in [0.2, 0.25) is 0 Å². The Morgan fingerprint density at radius 1 is 1.36 bits per heavy atom. The molecule has 2 aromatic rings. The molecular formula is C17H21N3OS. The fourth-order valence-corrected chi connectivity index (χ4v) is 3.25. The van der Waals surface area contributed by atoms with Gasteiger partial charge in [-0.05, 0) is 36.5 Å². The van der Waals surface area contributed by atoms with Gasteiger partial charge in [-0.1, -0.05) is 19.9 Å². The monoisotopic (exact) mass is 315 g/mol. The second kappa shape index (κ2) is 6.48. The first-order chi connectivity index (χ1) is 10.6. The first kappa shape index (κ1) is 15.0. The van der Waals surface area contributed by atoms with E-state index in [1.807, 2.05) is 12.1 Å². The predicted octanol–water partition coefficient (Wildman–Crippen LogP) is 4.15. The van der Waals surface area contributed by atoms with Gasteiger partial charge in [-0.2, -0.15) is 0 Å². The highest BCUT2D eigenvalue weighted by atomic mass is 32.1. The van der Waals surface area contributed by atoms with Crippen molar-refractivity contribution in [2.75, 3.05) is 17.2 Å². The quantitative estimate of drug-likeness (QED) is 0.871. The Morgan fingerprint density at radius 2 is 2.23 bits per heavy atom. The van der Waals surface area contributed by atoms with Crippen molar-refractivity contribution in [3.8, 4) is 11.3 Å². The van der Waals surface area contributed by atoms with E-state index < -0.39 is 0 Å². The lowest BCUT2D eigenvalue weighted by molar-refractivity contribution is -0.116. The molecule has 0 saturated carbocycles. The summed E-state index contributed by atoms with van der Waals surface area (Å²) in [4.78, 5) is 16.1. The Balaban J connectivity index is 1.72. The summed E-state index contributed by atoms with van der Waals surface area (Å²) in [6.45, 7) is 5.41. The number of carbonyl (C=O) groups excluding carboxylic acids is 1. The van der Waals surface area contributed by atoms with E-state index in [2.05, 4.69) is 40.9 Å². The number of anilines is 2. The van der Waals surface area contributed by atoms with Gasteiger partial charge in [0.2, 0.25) is 5.91 Å². The van der Waals surface area contributed by atoms with Gasteiger partial charge in [0.15, 0.2) is 5.13 Å². The Hall–Kier alpha value is -1.88. The largest absolute Gasteiger partial charge is 0.361 e. The second-order valence-corrected chi connectivity index (χ2v) is 6.93. The van der Waals surface area contributed by atoms with E-state index in [4.69, 9.17) is 0 Å². The van der Waals surface area contributed by atoms with Crippen molar-refractivity contribution in [1.29, 1.82) is 0 Å². The zero-order chi connectivity index (χ0) is 15.5. The molecule has 1 aromatic carbocycles. The molecule has 3 rings (SSSR count). The molecule has 0 spiro atoms. The van der Waals surface area contributed by atoms with E-state index >= 15 is 0 Å². The summed E-state index contributed by atoms with van der Waals surface area (Å²) in [6.07, 6.45) is 2.52. The molecule has 2 heterocycles. The van der Waals surface area contributed by atoms with Crippen LogP contribution in [-0.2, 0) is 11.2 Å². The third-order valence-corrected chi connectivity index (χ3v) is 4.60. The van der Waals surface area contributed by atoms with Gasteiger partial charge in [0.25, 0.3) is 0 Å². The summed E-state index contributed by atoms with van der Waals surface area (Å²) in [5.74, 6) is 0.799. The van der Waals surface area contributed by atoms with Crippen LogP contribution in [0.4, 0.5) is 10.8 Å². The van der Waals surface area contributed by atoms with Crippen molar-refractivity contribution in [3.05, 3.63) is 29.1 Å². The number of amides is 1. The number of fused-ring (bicyclic) bond motifs is 1. The molecule has 0 fully saturated rings. The standard InChI is InChI=1S/C17H21N3OS/c1-11(2)7-8-18-17-20-15(10-22-17)13-3-5-14-12(9-13)4-6-16(21)19-14/h3,5,9-11H,4,6-8H2,1-2H3,(H,18,20)(H,19,21). The second-order valence-electron chi connectivity index (χ2n) is 6.07. The topological polar surface area (TPSA) is 54.0 Å². The summed E-state index contributed by atoms with van der Waals surface area (Å²) >= 11 is 1.64. The van der Waals surface area contributed by atoms with Gasteiger partial charge in [-0.15, -0.1) is 11.3 Å². The minimum Gasteiger partial charge on any atom is -0.361 e. The lowest BCUT2D eigenvalue weighted by atomic mass is 9.99. The zero-order valence-electron chi connectivity index (χ0n) is 13.0. The summed E-state index contributed by atoms with van der Waals surface area (Å²) < 4.78 is 0. The molecular weight excluding hydrogens is 294 g/mol. The van der Waals surface area contributed by atoms with Crippen molar-refractivity contribution < 1.29 is 4.79 Å². The summed E-state index contributed by atoms with van der Waals surface area (Å²) in [5, 5.41) is 9.36. The van der Waals surface area contributed by atoms with Gasteiger partial charge in [-0.3, -0.25) is 4.79 Å². The highest BCUT2D eigenvalue weighted by molar-refractivity contribution is 7.14. The lowest BCUT2D eigenvalue weighted by Crippen LogP contribution is -2.18. The molecule has 0 unspecified atom stereocenters. The average Bonchev–Trinajstić information content (AvgIpc) is 2.95. The van der Waals surface area contributed by atoms with Gasteiger partial charge in [0, 0.05) is 29.6 Å². The molecule has 0 bridgehead atoms. The molecule has 1 amide bonds. The van der Waals surface area contributed by atoms with E-state index in [1.165, 1.54) is 5.56 Å². The molecule has 1 aliphatic rings. The number of aryl methyl sites for hydroxylation is 1. The van der Waals surface area contributed by atoms with Crippen LogP contribution >= 0.6 is 11.3 Å². The van der Waals surface area contributed by atoms with Gasteiger partial charge in [0.05, 0.1) is 5.69 Å². The minimum absolute atomic E-state index is 0.102. The number of carbonyl (C=O) groups is 1. The van der Waals surface area contributed by atoms with Gasteiger partial charge in [-0.25, -0.2) is 4.98 Å². The van der Waals surface area contributed by atoms with Crippen molar-refractivity contribution in [2.24, 2.45) is 5.92 Å².